The number of carboxylic acids is 1. The van der Waals surface area contributed by atoms with E-state index in [4.69, 9.17) is 5.11 Å². The Bertz CT molecular complexity index is 197. The van der Waals surface area contributed by atoms with E-state index in [0.29, 0.717) is 18.5 Å². The van der Waals surface area contributed by atoms with E-state index in [0.717, 1.165) is 12.2 Å². The van der Waals surface area contributed by atoms with Gasteiger partial charge >= 0.3 is 5.97 Å². The highest BCUT2D eigenvalue weighted by atomic mass is 32.2. The van der Waals surface area contributed by atoms with Gasteiger partial charge in [0.25, 0.3) is 0 Å². The lowest BCUT2D eigenvalue weighted by Gasteiger charge is -2.26. The third kappa shape index (κ3) is 1.33. The first-order chi connectivity index (χ1) is 5.79. The summed E-state index contributed by atoms with van der Waals surface area (Å²) < 4.78 is 0. The molecule has 4 heteroatoms. The van der Waals surface area contributed by atoms with Gasteiger partial charge in [0, 0.05) is 12.6 Å². The van der Waals surface area contributed by atoms with Gasteiger partial charge in [0.05, 0.1) is 5.92 Å². The van der Waals surface area contributed by atoms with Crippen molar-refractivity contribution in [2.24, 2.45) is 11.8 Å². The van der Waals surface area contributed by atoms with Crippen LogP contribution in [0, 0.1) is 11.8 Å². The fourth-order valence-electron chi connectivity index (χ4n) is 2.11. The van der Waals surface area contributed by atoms with Crippen LogP contribution in [-0.4, -0.2) is 35.2 Å². The molecule has 0 aromatic rings. The Hall–Kier alpha value is -0.220. The summed E-state index contributed by atoms with van der Waals surface area (Å²) in [6, 6.07) is 0.479. The minimum absolute atomic E-state index is 0.136. The highest BCUT2D eigenvalue weighted by Gasteiger charge is 2.41. The van der Waals surface area contributed by atoms with Crippen LogP contribution in [-0.2, 0) is 4.79 Å². The molecule has 0 amide bonds. The molecule has 2 aliphatic rings. The molecule has 3 nitrogen and oxygen atoms in total. The number of nitrogens with one attached hydrogen (secondary N) is 1. The van der Waals surface area contributed by atoms with Gasteiger partial charge in [0.1, 0.15) is 0 Å². The van der Waals surface area contributed by atoms with Crippen molar-refractivity contribution in [2.75, 3.05) is 18.1 Å². The van der Waals surface area contributed by atoms with E-state index >= 15 is 0 Å². The largest absolute Gasteiger partial charge is 0.481 e. The van der Waals surface area contributed by atoms with Crippen molar-refractivity contribution in [3.8, 4) is 0 Å². The van der Waals surface area contributed by atoms with Crippen molar-refractivity contribution >= 4 is 17.7 Å². The van der Waals surface area contributed by atoms with Gasteiger partial charge in [-0.3, -0.25) is 4.79 Å². The van der Waals surface area contributed by atoms with E-state index in [1.54, 1.807) is 0 Å². The number of hydrogen-bond acceptors (Lipinski definition) is 3. The molecule has 68 valence electrons. The van der Waals surface area contributed by atoms with E-state index in [-0.39, 0.29) is 5.92 Å². The van der Waals surface area contributed by atoms with E-state index < -0.39 is 5.97 Å². The quantitative estimate of drug-likeness (QED) is 0.624. The normalized spacial score (nSPS) is 40.8. The predicted molar refractivity (Wildman–Crippen MR) is 48.3 cm³/mol. The Morgan fingerprint density at radius 3 is 3.17 bits per heavy atom. The van der Waals surface area contributed by atoms with Crippen LogP contribution >= 0.6 is 11.8 Å². The summed E-state index contributed by atoms with van der Waals surface area (Å²) >= 11 is 1.89. The van der Waals surface area contributed by atoms with Crippen molar-refractivity contribution in [1.29, 1.82) is 0 Å². The van der Waals surface area contributed by atoms with Gasteiger partial charge in [-0.15, -0.1) is 0 Å². The fourth-order valence-corrected chi connectivity index (χ4v) is 3.43. The van der Waals surface area contributed by atoms with Crippen molar-refractivity contribution in [1.82, 2.24) is 5.32 Å². The van der Waals surface area contributed by atoms with Gasteiger partial charge in [0.2, 0.25) is 0 Å². The number of thioether (sulfide) groups is 1. The Morgan fingerprint density at radius 2 is 2.42 bits per heavy atom. The van der Waals surface area contributed by atoms with Crippen LogP contribution in [0.2, 0.25) is 0 Å². The molecule has 0 spiro atoms. The average Bonchev–Trinajstić information content (AvgIpc) is 2.47. The zero-order valence-corrected chi connectivity index (χ0v) is 7.64. The molecule has 0 aliphatic carbocycles. The molecule has 12 heavy (non-hydrogen) atoms. The molecule has 2 saturated heterocycles. The molecule has 2 aliphatic heterocycles. The first-order valence-corrected chi connectivity index (χ1v) is 5.48. The second-order valence-corrected chi connectivity index (χ2v) is 4.64. The monoisotopic (exact) mass is 187 g/mol. The molecule has 2 fully saturated rings. The Kier molecular flexibility index (Phi) is 2.28. The van der Waals surface area contributed by atoms with Crippen LogP contribution in [0.1, 0.15) is 6.42 Å². The van der Waals surface area contributed by atoms with Crippen LogP contribution in [0.4, 0.5) is 0 Å². The number of hydrogen-bond donors (Lipinski definition) is 2. The highest BCUT2D eigenvalue weighted by molar-refractivity contribution is 7.99. The molecule has 0 aromatic carbocycles. The van der Waals surface area contributed by atoms with Crippen molar-refractivity contribution in [3.63, 3.8) is 0 Å². The molecule has 2 N–H and O–H groups in total. The number of aliphatic carboxylic acids is 1. The standard InChI is InChI=1S/C8H13NO2S/c10-8(11)5-3-9-7-1-2-12-4-6(5)7/h5-7,9H,1-4H2,(H,10,11). The first-order valence-electron chi connectivity index (χ1n) is 4.33. The van der Waals surface area contributed by atoms with Crippen molar-refractivity contribution in [2.45, 2.75) is 12.5 Å². The third-order valence-corrected chi connectivity index (χ3v) is 3.98. The second-order valence-electron chi connectivity index (χ2n) is 3.49. The third-order valence-electron chi connectivity index (χ3n) is 2.83. The number of rotatable bonds is 1. The zero-order valence-electron chi connectivity index (χ0n) is 6.82. The van der Waals surface area contributed by atoms with Gasteiger partial charge < -0.3 is 10.4 Å². The van der Waals surface area contributed by atoms with E-state index in [1.807, 2.05) is 11.8 Å². The molecule has 0 bridgehead atoms. The maximum absolute atomic E-state index is 10.8. The van der Waals surface area contributed by atoms with Crippen LogP contribution in [0.3, 0.4) is 0 Å². The predicted octanol–water partition coefficient (Wildman–Crippen LogP) is 0.412. The molecule has 2 heterocycles. The molecule has 0 saturated carbocycles. The number of carbonyl (C=O) groups is 1. The molecular weight excluding hydrogens is 174 g/mol. The minimum Gasteiger partial charge on any atom is -0.481 e. The van der Waals surface area contributed by atoms with Gasteiger partial charge in [0.15, 0.2) is 0 Å². The van der Waals surface area contributed by atoms with Gasteiger partial charge in [-0.1, -0.05) is 0 Å². The lowest BCUT2D eigenvalue weighted by molar-refractivity contribution is -0.142. The van der Waals surface area contributed by atoms with E-state index in [1.165, 1.54) is 5.75 Å². The maximum Gasteiger partial charge on any atom is 0.308 e. The average molecular weight is 187 g/mol. The zero-order chi connectivity index (χ0) is 8.55. The molecule has 3 atom stereocenters. The lowest BCUT2D eigenvalue weighted by atomic mass is 9.91. The van der Waals surface area contributed by atoms with Crippen LogP contribution in [0.25, 0.3) is 0 Å². The van der Waals surface area contributed by atoms with Crippen molar-refractivity contribution < 1.29 is 9.90 Å². The summed E-state index contributed by atoms with van der Waals surface area (Å²) in [6.45, 7) is 0.672. The summed E-state index contributed by atoms with van der Waals surface area (Å²) in [6.07, 6.45) is 1.14. The summed E-state index contributed by atoms with van der Waals surface area (Å²) in [5.41, 5.74) is 0. The second kappa shape index (κ2) is 3.26. The van der Waals surface area contributed by atoms with Gasteiger partial charge in [-0.2, -0.15) is 11.8 Å². The van der Waals surface area contributed by atoms with Gasteiger partial charge in [-0.05, 0) is 23.8 Å². The Balaban J connectivity index is 2.05. The van der Waals surface area contributed by atoms with Crippen molar-refractivity contribution in [3.05, 3.63) is 0 Å². The Labute approximate surface area is 75.9 Å². The van der Waals surface area contributed by atoms with Crippen LogP contribution in [0.15, 0.2) is 0 Å². The lowest BCUT2D eigenvalue weighted by Crippen LogP contribution is -2.34. The summed E-state index contributed by atoms with van der Waals surface area (Å²) in [7, 11) is 0. The molecule has 0 radical (unpaired) electrons. The van der Waals surface area contributed by atoms with E-state index in [2.05, 4.69) is 5.32 Å². The molecular formula is C8H13NO2S. The first kappa shape index (κ1) is 8.38. The molecule has 2 rings (SSSR count). The fraction of sp³-hybridized carbons (Fsp3) is 0.875. The number of carboxylic acid groups (broad SMARTS) is 1. The SMILES string of the molecule is O=C(O)C1CNC2CCSCC21. The van der Waals surface area contributed by atoms with Crippen LogP contribution < -0.4 is 5.32 Å². The molecule has 0 aromatic heterocycles. The van der Waals surface area contributed by atoms with Crippen LogP contribution in [0.5, 0.6) is 0 Å². The summed E-state index contributed by atoms with van der Waals surface area (Å²) in [5.74, 6) is 1.82. The van der Waals surface area contributed by atoms with Gasteiger partial charge in [-0.25, -0.2) is 0 Å². The maximum atomic E-state index is 10.8. The van der Waals surface area contributed by atoms with E-state index in [9.17, 15) is 4.79 Å². The molecule has 3 unspecified atom stereocenters. The summed E-state index contributed by atoms with van der Waals surface area (Å²) in [4.78, 5) is 10.8. The number of fused-ring (bicyclic) bond motifs is 1. The Morgan fingerprint density at radius 1 is 1.58 bits per heavy atom. The smallest absolute Gasteiger partial charge is 0.308 e. The minimum atomic E-state index is -0.627. The topological polar surface area (TPSA) is 49.3 Å². The highest BCUT2D eigenvalue weighted by Crippen LogP contribution is 2.33. The summed E-state index contributed by atoms with van der Waals surface area (Å²) in [5, 5.41) is 12.2.